The zero-order valence-electron chi connectivity index (χ0n) is 16.4. The molecule has 8 heteroatoms. The van der Waals surface area contributed by atoms with Gasteiger partial charge in [0.2, 0.25) is 11.8 Å². The molecule has 1 aliphatic heterocycles. The van der Waals surface area contributed by atoms with Crippen LogP contribution in [0.25, 0.3) is 0 Å². The minimum Gasteiger partial charge on any atom is -0.351 e. The number of para-hydroxylation sites is 1. The lowest BCUT2D eigenvalue weighted by molar-refractivity contribution is -0.134. The van der Waals surface area contributed by atoms with Gasteiger partial charge >= 0.3 is 0 Å². The Bertz CT molecular complexity index is 921. The molecule has 158 valence electrons. The van der Waals surface area contributed by atoms with E-state index in [1.54, 1.807) is 17.0 Å². The Balaban J connectivity index is 1.47. The van der Waals surface area contributed by atoms with Crippen LogP contribution < -0.4 is 10.6 Å². The van der Waals surface area contributed by atoms with Crippen LogP contribution in [0.5, 0.6) is 0 Å². The van der Waals surface area contributed by atoms with Crippen molar-refractivity contribution in [1.82, 2.24) is 10.2 Å². The van der Waals surface area contributed by atoms with Gasteiger partial charge in [0.15, 0.2) is 0 Å². The molecule has 2 aromatic carbocycles. The largest absolute Gasteiger partial charge is 0.351 e. The summed E-state index contributed by atoms with van der Waals surface area (Å²) < 4.78 is 26.6. The summed E-state index contributed by atoms with van der Waals surface area (Å²) in [4.78, 5) is 38.6. The molecule has 6 nitrogen and oxygen atoms in total. The number of benzene rings is 2. The molecule has 0 radical (unpaired) electrons. The number of nitrogens with one attached hydrogen (secondary N) is 2. The molecule has 1 unspecified atom stereocenters. The van der Waals surface area contributed by atoms with E-state index in [-0.39, 0.29) is 36.3 Å². The topological polar surface area (TPSA) is 78.5 Å². The quantitative estimate of drug-likeness (QED) is 0.762. The molecule has 2 aromatic rings. The summed E-state index contributed by atoms with van der Waals surface area (Å²) in [6.45, 7) is 0.887. The van der Waals surface area contributed by atoms with E-state index in [9.17, 15) is 23.2 Å². The average molecular weight is 415 g/mol. The monoisotopic (exact) mass is 415 g/mol. The van der Waals surface area contributed by atoms with Gasteiger partial charge in [-0.25, -0.2) is 8.78 Å². The first kappa shape index (κ1) is 21.4. The Morgan fingerprint density at radius 3 is 2.57 bits per heavy atom. The van der Waals surface area contributed by atoms with E-state index in [4.69, 9.17) is 0 Å². The van der Waals surface area contributed by atoms with Crippen molar-refractivity contribution in [2.45, 2.75) is 19.3 Å². The third-order valence-electron chi connectivity index (χ3n) is 4.99. The Hall–Kier alpha value is -3.29. The van der Waals surface area contributed by atoms with Gasteiger partial charge in [-0.05, 0) is 37.1 Å². The number of likely N-dealkylation sites (tertiary alicyclic amines) is 1. The number of carbonyl (C=O) groups is 3. The van der Waals surface area contributed by atoms with E-state index in [0.717, 1.165) is 12.1 Å². The fourth-order valence-corrected chi connectivity index (χ4v) is 3.39. The molecular formula is C22H23F2N3O3. The summed E-state index contributed by atoms with van der Waals surface area (Å²) in [6.07, 6.45) is 1.44. The van der Waals surface area contributed by atoms with Crippen molar-refractivity contribution >= 4 is 23.4 Å². The molecular weight excluding hydrogens is 392 g/mol. The average Bonchev–Trinajstić information content (AvgIpc) is 2.74. The minimum atomic E-state index is -0.956. The normalized spacial score (nSPS) is 16.1. The highest BCUT2D eigenvalue weighted by atomic mass is 19.1. The van der Waals surface area contributed by atoms with Gasteiger partial charge in [0, 0.05) is 37.8 Å². The molecule has 1 aliphatic rings. The predicted octanol–water partition coefficient (Wildman–Crippen LogP) is 2.96. The number of anilines is 1. The maximum atomic E-state index is 13.6. The summed E-state index contributed by atoms with van der Waals surface area (Å²) in [7, 11) is 0. The van der Waals surface area contributed by atoms with Gasteiger partial charge in [-0.15, -0.1) is 0 Å². The van der Waals surface area contributed by atoms with Crippen LogP contribution in [0.15, 0.2) is 48.5 Å². The van der Waals surface area contributed by atoms with E-state index in [1.165, 1.54) is 0 Å². The number of rotatable bonds is 6. The number of halogens is 2. The molecule has 0 aromatic heterocycles. The molecule has 0 saturated carbocycles. The fourth-order valence-electron chi connectivity index (χ4n) is 3.39. The van der Waals surface area contributed by atoms with Crippen LogP contribution in [0.4, 0.5) is 14.5 Å². The number of hydrogen-bond donors (Lipinski definition) is 2. The molecule has 0 spiro atoms. The summed E-state index contributed by atoms with van der Waals surface area (Å²) in [5.74, 6) is -3.05. The SMILES string of the molecule is O=C(NCCC(=O)N1CCCC(C(=O)Nc2ccccc2)C1)c1ccc(F)cc1F. The second-order valence-electron chi connectivity index (χ2n) is 7.16. The minimum absolute atomic E-state index is 0.0197. The predicted molar refractivity (Wildman–Crippen MR) is 108 cm³/mol. The first-order valence-electron chi connectivity index (χ1n) is 9.81. The van der Waals surface area contributed by atoms with Crippen LogP contribution in [0.1, 0.15) is 29.6 Å². The van der Waals surface area contributed by atoms with Crippen LogP contribution in [0, 0.1) is 17.6 Å². The summed E-state index contributed by atoms with van der Waals surface area (Å²) >= 11 is 0. The van der Waals surface area contributed by atoms with Crippen molar-refractivity contribution < 1.29 is 23.2 Å². The van der Waals surface area contributed by atoms with E-state index >= 15 is 0 Å². The fraction of sp³-hybridized carbons (Fsp3) is 0.318. The van der Waals surface area contributed by atoms with Gasteiger partial charge in [0.05, 0.1) is 11.5 Å². The highest BCUT2D eigenvalue weighted by Gasteiger charge is 2.28. The first-order valence-corrected chi connectivity index (χ1v) is 9.81. The van der Waals surface area contributed by atoms with Crippen molar-refractivity contribution in [1.29, 1.82) is 0 Å². The number of hydrogen-bond acceptors (Lipinski definition) is 3. The van der Waals surface area contributed by atoms with Crippen LogP contribution in [-0.2, 0) is 9.59 Å². The Labute approximate surface area is 173 Å². The number of carbonyl (C=O) groups excluding carboxylic acids is 3. The molecule has 1 heterocycles. The third kappa shape index (κ3) is 5.62. The molecule has 2 N–H and O–H groups in total. The van der Waals surface area contributed by atoms with E-state index in [2.05, 4.69) is 10.6 Å². The maximum absolute atomic E-state index is 13.6. The highest BCUT2D eigenvalue weighted by molar-refractivity contribution is 5.95. The van der Waals surface area contributed by atoms with Crippen molar-refractivity contribution in [3.63, 3.8) is 0 Å². The van der Waals surface area contributed by atoms with E-state index < -0.39 is 17.5 Å². The van der Waals surface area contributed by atoms with Gasteiger partial charge in [0.25, 0.3) is 5.91 Å². The van der Waals surface area contributed by atoms with Gasteiger partial charge < -0.3 is 15.5 Å². The first-order chi connectivity index (χ1) is 14.4. The van der Waals surface area contributed by atoms with Crippen LogP contribution in [0.2, 0.25) is 0 Å². The molecule has 30 heavy (non-hydrogen) atoms. The number of amides is 3. The zero-order chi connectivity index (χ0) is 21.5. The molecule has 1 fully saturated rings. The number of piperidine rings is 1. The van der Waals surface area contributed by atoms with Crippen LogP contribution in [-0.4, -0.2) is 42.3 Å². The Morgan fingerprint density at radius 2 is 1.83 bits per heavy atom. The summed E-state index contributed by atoms with van der Waals surface area (Å²) in [6, 6.07) is 11.8. The van der Waals surface area contributed by atoms with Gasteiger partial charge in [-0.3, -0.25) is 14.4 Å². The maximum Gasteiger partial charge on any atom is 0.254 e. The van der Waals surface area contributed by atoms with Crippen molar-refractivity contribution in [3.8, 4) is 0 Å². The lowest BCUT2D eigenvalue weighted by Crippen LogP contribution is -2.44. The number of nitrogens with zero attached hydrogens (tertiary/aromatic N) is 1. The van der Waals surface area contributed by atoms with Crippen molar-refractivity contribution in [3.05, 3.63) is 65.7 Å². The van der Waals surface area contributed by atoms with Gasteiger partial charge in [-0.1, -0.05) is 18.2 Å². The summed E-state index contributed by atoms with van der Waals surface area (Å²) in [5.41, 5.74) is 0.432. The molecule has 0 bridgehead atoms. The second-order valence-corrected chi connectivity index (χ2v) is 7.16. The zero-order valence-corrected chi connectivity index (χ0v) is 16.4. The molecule has 0 aliphatic carbocycles. The molecule has 1 atom stereocenters. The Morgan fingerprint density at radius 1 is 1.07 bits per heavy atom. The van der Waals surface area contributed by atoms with Gasteiger partial charge in [-0.2, -0.15) is 0 Å². The highest BCUT2D eigenvalue weighted by Crippen LogP contribution is 2.19. The smallest absolute Gasteiger partial charge is 0.254 e. The van der Waals surface area contributed by atoms with Crippen LogP contribution in [0.3, 0.4) is 0 Å². The van der Waals surface area contributed by atoms with Gasteiger partial charge in [0.1, 0.15) is 11.6 Å². The van der Waals surface area contributed by atoms with Crippen LogP contribution >= 0.6 is 0 Å². The van der Waals surface area contributed by atoms with E-state index in [1.807, 2.05) is 18.2 Å². The molecule has 3 amide bonds. The van der Waals surface area contributed by atoms with Crippen molar-refractivity contribution in [2.24, 2.45) is 5.92 Å². The second kappa shape index (κ2) is 9.96. The van der Waals surface area contributed by atoms with E-state index in [0.29, 0.717) is 37.7 Å². The standard InChI is InChI=1S/C22H23F2N3O3/c23-16-8-9-18(19(24)13-16)22(30)25-11-10-20(28)27-12-4-5-15(14-27)21(29)26-17-6-2-1-3-7-17/h1-3,6-9,13,15H,4-5,10-12,14H2,(H,25,30)(H,26,29). The Kier molecular flexibility index (Phi) is 7.11. The van der Waals surface area contributed by atoms with Crippen molar-refractivity contribution in [2.75, 3.05) is 25.0 Å². The summed E-state index contributed by atoms with van der Waals surface area (Å²) in [5, 5.41) is 5.33. The lowest BCUT2D eigenvalue weighted by atomic mass is 9.96. The molecule has 3 rings (SSSR count). The molecule has 1 saturated heterocycles. The third-order valence-corrected chi connectivity index (χ3v) is 4.99. The lowest BCUT2D eigenvalue weighted by Gasteiger charge is -2.32.